The predicted octanol–water partition coefficient (Wildman–Crippen LogP) is 1.68. The first-order valence-electron chi connectivity index (χ1n) is 5.85. The number of benzene rings is 1. The Balaban J connectivity index is 0.00000361. The monoisotopic (exact) mass is 306 g/mol. The van der Waals surface area contributed by atoms with Crippen LogP contribution in [-0.4, -0.2) is 44.7 Å². The lowest BCUT2D eigenvalue weighted by Gasteiger charge is -2.24. The molecule has 0 aromatic heterocycles. The molecule has 1 atom stereocenters. The van der Waals surface area contributed by atoms with Crippen LogP contribution in [0.5, 0.6) is 11.5 Å². The molecule has 0 spiro atoms. The molecule has 2 N–H and O–H groups in total. The van der Waals surface area contributed by atoms with Crippen LogP contribution >= 0.6 is 12.4 Å². The van der Waals surface area contributed by atoms with E-state index in [1.54, 1.807) is 14.0 Å². The van der Waals surface area contributed by atoms with Gasteiger partial charge in [-0.3, -0.25) is 4.79 Å². The normalized spacial score (nSPS) is 11.3. The van der Waals surface area contributed by atoms with E-state index in [0.29, 0.717) is 12.3 Å². The van der Waals surface area contributed by atoms with Gasteiger partial charge in [0.15, 0.2) is 11.5 Å². The van der Waals surface area contributed by atoms with E-state index in [1.807, 2.05) is 0 Å². The summed E-state index contributed by atoms with van der Waals surface area (Å²) >= 11 is 0. The molecular formula is C13H20ClFN2O3. The van der Waals surface area contributed by atoms with E-state index in [-0.39, 0.29) is 29.8 Å². The van der Waals surface area contributed by atoms with Gasteiger partial charge in [0.05, 0.1) is 19.8 Å². The molecule has 5 nitrogen and oxygen atoms in total. The van der Waals surface area contributed by atoms with Gasteiger partial charge in [-0.25, -0.2) is 4.39 Å². The maximum atomic E-state index is 13.9. The number of methoxy groups -OCH3 is 2. The third-order valence-corrected chi connectivity index (χ3v) is 3.03. The van der Waals surface area contributed by atoms with Crippen LogP contribution in [0.25, 0.3) is 0 Å². The first-order chi connectivity index (χ1) is 8.96. The number of halogens is 2. The van der Waals surface area contributed by atoms with Crippen LogP contribution in [0.1, 0.15) is 17.3 Å². The second kappa shape index (κ2) is 7.91. The number of nitrogens with two attached hydrogens (primary N) is 1. The van der Waals surface area contributed by atoms with E-state index in [9.17, 15) is 9.18 Å². The molecule has 1 amide bonds. The number of ether oxygens (including phenoxy) is 2. The van der Waals surface area contributed by atoms with Crippen molar-refractivity contribution >= 4 is 18.3 Å². The summed E-state index contributed by atoms with van der Waals surface area (Å²) < 4.78 is 23.9. The van der Waals surface area contributed by atoms with Crippen LogP contribution in [0.2, 0.25) is 0 Å². The van der Waals surface area contributed by atoms with Gasteiger partial charge in [-0.15, -0.1) is 12.4 Å². The van der Waals surface area contributed by atoms with Gasteiger partial charge in [0, 0.05) is 25.7 Å². The summed E-state index contributed by atoms with van der Waals surface area (Å²) in [5.74, 6) is -0.553. The fourth-order valence-electron chi connectivity index (χ4n) is 1.57. The number of likely N-dealkylation sites (N-methyl/N-ethyl adjacent to an activating group) is 1. The molecule has 20 heavy (non-hydrogen) atoms. The summed E-state index contributed by atoms with van der Waals surface area (Å²) in [4.78, 5) is 13.6. The van der Waals surface area contributed by atoms with Crippen molar-refractivity contribution in [2.75, 3.05) is 27.8 Å². The zero-order valence-corrected chi connectivity index (χ0v) is 12.8. The van der Waals surface area contributed by atoms with Crippen LogP contribution in [0.3, 0.4) is 0 Å². The molecule has 0 aliphatic carbocycles. The molecule has 0 fully saturated rings. The molecule has 0 aliphatic heterocycles. The van der Waals surface area contributed by atoms with Crippen LogP contribution in [0, 0.1) is 5.82 Å². The number of nitrogens with zero attached hydrogens (tertiary/aromatic N) is 1. The summed E-state index contributed by atoms with van der Waals surface area (Å²) in [5.41, 5.74) is 5.43. The van der Waals surface area contributed by atoms with E-state index >= 15 is 0 Å². The number of carbonyl (C=O) groups excluding carboxylic acids is 1. The molecule has 1 aromatic carbocycles. The molecule has 0 aliphatic rings. The number of carbonyl (C=O) groups is 1. The Kier molecular flexibility index (Phi) is 7.31. The molecule has 0 saturated heterocycles. The molecular weight excluding hydrogens is 287 g/mol. The number of hydrogen-bond acceptors (Lipinski definition) is 4. The molecule has 114 valence electrons. The van der Waals surface area contributed by atoms with Crippen molar-refractivity contribution in [3.05, 3.63) is 23.5 Å². The molecule has 0 radical (unpaired) electrons. The average molecular weight is 307 g/mol. The van der Waals surface area contributed by atoms with Crippen molar-refractivity contribution < 1.29 is 18.7 Å². The molecule has 7 heteroatoms. The lowest BCUT2D eigenvalue weighted by molar-refractivity contribution is 0.0743. The summed E-state index contributed by atoms with van der Waals surface area (Å²) in [6, 6.07) is 2.28. The largest absolute Gasteiger partial charge is 0.493 e. The van der Waals surface area contributed by atoms with E-state index in [2.05, 4.69) is 0 Å². The quantitative estimate of drug-likeness (QED) is 0.899. The minimum atomic E-state index is -0.654. The highest BCUT2D eigenvalue weighted by Crippen LogP contribution is 2.30. The summed E-state index contributed by atoms with van der Waals surface area (Å²) in [6.07, 6.45) is 0. The van der Waals surface area contributed by atoms with E-state index < -0.39 is 11.7 Å². The van der Waals surface area contributed by atoms with Gasteiger partial charge in [-0.05, 0) is 13.0 Å². The maximum Gasteiger partial charge on any atom is 0.256 e. The molecule has 1 aromatic rings. The Morgan fingerprint density at radius 3 is 2.30 bits per heavy atom. The number of hydrogen-bond donors (Lipinski definition) is 1. The summed E-state index contributed by atoms with van der Waals surface area (Å²) in [7, 11) is 4.41. The second-order valence-corrected chi connectivity index (χ2v) is 4.19. The van der Waals surface area contributed by atoms with Crippen molar-refractivity contribution in [3.8, 4) is 11.5 Å². The van der Waals surface area contributed by atoms with Crippen LogP contribution in [0.4, 0.5) is 4.39 Å². The molecule has 0 saturated carbocycles. The van der Waals surface area contributed by atoms with Crippen molar-refractivity contribution in [1.82, 2.24) is 4.90 Å². The molecule has 0 heterocycles. The lowest BCUT2D eigenvalue weighted by Crippen LogP contribution is -2.40. The molecule has 1 unspecified atom stereocenters. The first-order valence-corrected chi connectivity index (χ1v) is 5.85. The Labute approximate surface area is 124 Å². The smallest absolute Gasteiger partial charge is 0.256 e. The zero-order chi connectivity index (χ0) is 14.6. The number of rotatable bonds is 5. The van der Waals surface area contributed by atoms with Gasteiger partial charge < -0.3 is 20.1 Å². The Bertz CT molecular complexity index is 471. The lowest BCUT2D eigenvalue weighted by atomic mass is 10.1. The van der Waals surface area contributed by atoms with Crippen molar-refractivity contribution in [1.29, 1.82) is 0 Å². The Morgan fingerprint density at radius 1 is 1.35 bits per heavy atom. The van der Waals surface area contributed by atoms with Gasteiger partial charge >= 0.3 is 0 Å². The third-order valence-electron chi connectivity index (χ3n) is 3.03. The Hall–Kier alpha value is -1.53. The highest BCUT2D eigenvalue weighted by atomic mass is 35.5. The van der Waals surface area contributed by atoms with Gasteiger partial charge in [0.1, 0.15) is 5.82 Å². The van der Waals surface area contributed by atoms with Crippen molar-refractivity contribution in [2.45, 2.75) is 13.0 Å². The van der Waals surface area contributed by atoms with E-state index in [1.165, 1.54) is 25.2 Å². The van der Waals surface area contributed by atoms with Gasteiger partial charge in [-0.1, -0.05) is 0 Å². The van der Waals surface area contributed by atoms with Crippen molar-refractivity contribution in [2.24, 2.45) is 5.73 Å². The van der Waals surface area contributed by atoms with Crippen LogP contribution in [-0.2, 0) is 0 Å². The topological polar surface area (TPSA) is 64.8 Å². The minimum Gasteiger partial charge on any atom is -0.493 e. The van der Waals surface area contributed by atoms with Crippen LogP contribution < -0.4 is 15.2 Å². The molecule has 1 rings (SSSR count). The fraction of sp³-hybridized carbons (Fsp3) is 0.462. The third kappa shape index (κ3) is 3.74. The first kappa shape index (κ1) is 18.5. The van der Waals surface area contributed by atoms with Crippen molar-refractivity contribution in [3.63, 3.8) is 0 Å². The maximum absolute atomic E-state index is 13.9. The second-order valence-electron chi connectivity index (χ2n) is 4.19. The van der Waals surface area contributed by atoms with Gasteiger partial charge in [0.2, 0.25) is 0 Å². The molecule has 0 bridgehead atoms. The SMILES string of the molecule is COc1cc(F)c(C(=O)N(C)C(C)CN)cc1OC.Cl. The number of amides is 1. The fourth-order valence-corrected chi connectivity index (χ4v) is 1.57. The van der Waals surface area contributed by atoms with Gasteiger partial charge in [0.25, 0.3) is 5.91 Å². The highest BCUT2D eigenvalue weighted by molar-refractivity contribution is 5.95. The van der Waals surface area contributed by atoms with E-state index in [4.69, 9.17) is 15.2 Å². The van der Waals surface area contributed by atoms with E-state index in [0.717, 1.165) is 6.07 Å². The minimum absolute atomic E-state index is 0. The predicted molar refractivity (Wildman–Crippen MR) is 77.4 cm³/mol. The Morgan fingerprint density at radius 2 is 1.85 bits per heavy atom. The summed E-state index contributed by atoms with van der Waals surface area (Å²) in [6.45, 7) is 2.09. The van der Waals surface area contributed by atoms with Crippen LogP contribution in [0.15, 0.2) is 12.1 Å². The summed E-state index contributed by atoms with van der Waals surface area (Å²) in [5, 5.41) is 0. The standard InChI is InChI=1S/C13H19FN2O3.ClH/c1-8(7-15)16(2)13(17)9-5-11(18-3)12(19-4)6-10(9)14;/h5-6,8H,7,15H2,1-4H3;1H. The van der Waals surface area contributed by atoms with Gasteiger partial charge in [-0.2, -0.15) is 0 Å². The zero-order valence-electron chi connectivity index (χ0n) is 12.0. The highest BCUT2D eigenvalue weighted by Gasteiger charge is 2.22. The average Bonchev–Trinajstić information content (AvgIpc) is 2.44.